The molecule has 30 heavy (non-hydrogen) atoms. The number of anilines is 1. The van der Waals surface area contributed by atoms with Crippen molar-refractivity contribution in [2.24, 2.45) is 0 Å². The molecule has 7 heteroatoms. The molecule has 0 aliphatic rings. The summed E-state index contributed by atoms with van der Waals surface area (Å²) in [4.78, 5) is 14.7. The summed E-state index contributed by atoms with van der Waals surface area (Å²) in [6.45, 7) is 2.23. The lowest BCUT2D eigenvalue weighted by Gasteiger charge is -2.22. The molecule has 0 radical (unpaired) electrons. The van der Waals surface area contributed by atoms with Crippen LogP contribution >= 0.6 is 0 Å². The molecule has 2 aromatic carbocycles. The number of ether oxygens (including phenoxy) is 3. The van der Waals surface area contributed by atoms with Gasteiger partial charge in [-0.1, -0.05) is 30.3 Å². The Morgan fingerprint density at radius 1 is 1.00 bits per heavy atom. The van der Waals surface area contributed by atoms with Crippen LogP contribution in [0, 0.1) is 0 Å². The Kier molecular flexibility index (Phi) is 6.64. The van der Waals surface area contributed by atoms with Crippen LogP contribution in [0.2, 0.25) is 0 Å². The topological polar surface area (TPSA) is 81.4 Å². The van der Waals surface area contributed by atoms with Gasteiger partial charge in [-0.05, 0) is 24.6 Å². The summed E-state index contributed by atoms with van der Waals surface area (Å²) in [5, 5.41) is 10.5. The van der Waals surface area contributed by atoms with E-state index in [1.165, 1.54) is 26.2 Å². The Labute approximate surface area is 175 Å². The molecule has 3 aromatic rings. The Hall–Kier alpha value is -3.45. The van der Waals surface area contributed by atoms with Gasteiger partial charge in [-0.2, -0.15) is 0 Å². The zero-order valence-electron chi connectivity index (χ0n) is 17.4. The molecule has 7 nitrogen and oxygen atoms in total. The van der Waals surface area contributed by atoms with Crippen molar-refractivity contribution in [3.05, 3.63) is 71.7 Å². The molecule has 1 atom stereocenters. The Balaban J connectivity index is 1.91. The minimum absolute atomic E-state index is 0.121. The summed E-state index contributed by atoms with van der Waals surface area (Å²) in [7, 11) is 4.55. The highest BCUT2D eigenvalue weighted by Crippen LogP contribution is 2.41. The summed E-state index contributed by atoms with van der Waals surface area (Å²) in [5.74, 6) is 1.40. The van der Waals surface area contributed by atoms with Crippen molar-refractivity contribution in [2.45, 2.75) is 13.0 Å². The number of hydrogen-bond acceptors (Lipinski definition) is 6. The molecular weight excluding hydrogens is 386 g/mol. The molecule has 1 heterocycles. The number of aliphatic hydroxyl groups excluding tert-OH is 1. The molecule has 1 amide bonds. The third-order valence-corrected chi connectivity index (χ3v) is 4.74. The van der Waals surface area contributed by atoms with Gasteiger partial charge in [0.1, 0.15) is 11.9 Å². The Morgan fingerprint density at radius 2 is 1.63 bits per heavy atom. The predicted octanol–water partition coefficient (Wildman–Crippen LogP) is 4.05. The van der Waals surface area contributed by atoms with E-state index >= 15 is 0 Å². The molecular formula is C23H25NO6. The monoisotopic (exact) mass is 411 g/mol. The van der Waals surface area contributed by atoms with E-state index in [0.717, 1.165) is 0 Å². The minimum Gasteiger partial charge on any atom is -0.493 e. The van der Waals surface area contributed by atoms with Gasteiger partial charge in [0.05, 0.1) is 27.0 Å². The molecule has 0 aliphatic carbocycles. The first-order chi connectivity index (χ1) is 14.5. The standard InChI is InChI=1S/C23H25NO6/c1-5-24(16-13-19(27-2)22(29-4)20(14-16)28-3)23(26)18-12-11-17(30-18)21(25)15-9-7-6-8-10-15/h6-14,21,25H,5H2,1-4H3. The summed E-state index contributed by atoms with van der Waals surface area (Å²) >= 11 is 0. The van der Waals surface area contributed by atoms with Crippen LogP contribution in [0.1, 0.15) is 34.9 Å². The van der Waals surface area contributed by atoms with Crippen LogP contribution in [-0.2, 0) is 0 Å². The van der Waals surface area contributed by atoms with E-state index in [0.29, 0.717) is 40.8 Å². The number of carbonyl (C=O) groups excluding carboxylic acids is 1. The fourth-order valence-corrected chi connectivity index (χ4v) is 3.21. The second-order valence-corrected chi connectivity index (χ2v) is 6.45. The number of aliphatic hydroxyl groups is 1. The highest BCUT2D eigenvalue weighted by atomic mass is 16.5. The van der Waals surface area contributed by atoms with Crippen LogP contribution in [0.5, 0.6) is 17.2 Å². The van der Waals surface area contributed by atoms with Crippen molar-refractivity contribution in [3.63, 3.8) is 0 Å². The number of carbonyl (C=O) groups is 1. The highest BCUT2D eigenvalue weighted by molar-refractivity contribution is 6.04. The second-order valence-electron chi connectivity index (χ2n) is 6.45. The molecule has 3 rings (SSSR count). The first kappa shape index (κ1) is 21.3. The first-order valence-electron chi connectivity index (χ1n) is 9.48. The van der Waals surface area contributed by atoms with E-state index in [4.69, 9.17) is 18.6 Å². The van der Waals surface area contributed by atoms with Crippen molar-refractivity contribution >= 4 is 11.6 Å². The summed E-state index contributed by atoms with van der Waals surface area (Å²) < 4.78 is 21.8. The van der Waals surface area contributed by atoms with Crippen molar-refractivity contribution in [1.82, 2.24) is 0 Å². The van der Waals surface area contributed by atoms with Crippen LogP contribution in [0.3, 0.4) is 0 Å². The Morgan fingerprint density at radius 3 is 2.17 bits per heavy atom. The molecule has 158 valence electrons. The van der Waals surface area contributed by atoms with Gasteiger partial charge in [-0.3, -0.25) is 4.79 Å². The lowest BCUT2D eigenvalue weighted by atomic mass is 10.1. The summed E-state index contributed by atoms with van der Waals surface area (Å²) in [6.07, 6.45) is -0.955. The molecule has 0 fully saturated rings. The van der Waals surface area contributed by atoms with Crippen molar-refractivity contribution in [2.75, 3.05) is 32.8 Å². The lowest BCUT2D eigenvalue weighted by Crippen LogP contribution is -2.30. The molecule has 0 bridgehead atoms. The number of rotatable bonds is 8. The van der Waals surface area contributed by atoms with E-state index in [-0.39, 0.29) is 11.7 Å². The van der Waals surface area contributed by atoms with E-state index < -0.39 is 6.10 Å². The van der Waals surface area contributed by atoms with Crippen LogP contribution in [0.4, 0.5) is 5.69 Å². The number of benzene rings is 2. The maximum absolute atomic E-state index is 13.1. The van der Waals surface area contributed by atoms with E-state index in [1.807, 2.05) is 25.1 Å². The number of furan rings is 1. The number of amides is 1. The molecule has 0 aliphatic heterocycles. The van der Waals surface area contributed by atoms with Gasteiger partial charge in [-0.15, -0.1) is 0 Å². The quantitative estimate of drug-likeness (QED) is 0.602. The van der Waals surface area contributed by atoms with Crippen LogP contribution < -0.4 is 19.1 Å². The molecule has 0 saturated carbocycles. The van der Waals surface area contributed by atoms with Gasteiger partial charge < -0.3 is 28.6 Å². The maximum Gasteiger partial charge on any atom is 0.293 e. The molecule has 0 spiro atoms. The van der Waals surface area contributed by atoms with E-state index in [2.05, 4.69) is 0 Å². The van der Waals surface area contributed by atoms with Crippen LogP contribution in [-0.4, -0.2) is 38.9 Å². The number of nitrogens with zero attached hydrogens (tertiary/aromatic N) is 1. The molecule has 0 saturated heterocycles. The van der Waals surface area contributed by atoms with Crippen molar-refractivity contribution < 1.29 is 28.5 Å². The normalized spacial score (nSPS) is 11.6. The van der Waals surface area contributed by atoms with Crippen molar-refractivity contribution in [3.8, 4) is 17.2 Å². The van der Waals surface area contributed by atoms with Gasteiger partial charge in [0.2, 0.25) is 5.75 Å². The Bertz CT molecular complexity index is 973. The molecule has 1 N–H and O–H groups in total. The van der Waals surface area contributed by atoms with Gasteiger partial charge >= 0.3 is 0 Å². The third kappa shape index (κ3) is 4.11. The van der Waals surface area contributed by atoms with Gasteiger partial charge in [-0.25, -0.2) is 0 Å². The van der Waals surface area contributed by atoms with Gasteiger partial charge in [0.15, 0.2) is 17.3 Å². The van der Waals surface area contributed by atoms with E-state index in [9.17, 15) is 9.90 Å². The van der Waals surface area contributed by atoms with E-state index in [1.54, 1.807) is 36.4 Å². The van der Waals surface area contributed by atoms with Crippen LogP contribution in [0.15, 0.2) is 59.0 Å². The second kappa shape index (κ2) is 9.37. The largest absolute Gasteiger partial charge is 0.493 e. The minimum atomic E-state index is -0.955. The SMILES string of the molecule is CCN(C(=O)c1ccc(C(O)c2ccccc2)o1)c1cc(OC)c(OC)c(OC)c1. The highest BCUT2D eigenvalue weighted by Gasteiger charge is 2.24. The average molecular weight is 411 g/mol. The maximum atomic E-state index is 13.1. The lowest BCUT2D eigenvalue weighted by molar-refractivity contribution is 0.0953. The van der Waals surface area contributed by atoms with Crippen molar-refractivity contribution in [1.29, 1.82) is 0 Å². The average Bonchev–Trinajstić information content (AvgIpc) is 3.29. The zero-order chi connectivity index (χ0) is 21.7. The molecule has 1 unspecified atom stereocenters. The smallest absolute Gasteiger partial charge is 0.293 e. The molecule has 1 aromatic heterocycles. The number of methoxy groups -OCH3 is 3. The fraction of sp³-hybridized carbons (Fsp3) is 0.261. The van der Waals surface area contributed by atoms with Crippen LogP contribution in [0.25, 0.3) is 0 Å². The summed E-state index contributed by atoms with van der Waals surface area (Å²) in [6, 6.07) is 15.7. The van der Waals surface area contributed by atoms with Gasteiger partial charge in [0, 0.05) is 18.7 Å². The summed E-state index contributed by atoms with van der Waals surface area (Å²) in [5.41, 5.74) is 1.25. The zero-order valence-corrected chi connectivity index (χ0v) is 17.4. The predicted molar refractivity (Wildman–Crippen MR) is 113 cm³/mol. The first-order valence-corrected chi connectivity index (χ1v) is 9.48. The fourth-order valence-electron chi connectivity index (χ4n) is 3.21. The third-order valence-electron chi connectivity index (χ3n) is 4.74. The van der Waals surface area contributed by atoms with Gasteiger partial charge in [0.25, 0.3) is 5.91 Å². The number of hydrogen-bond donors (Lipinski definition) is 1.